The van der Waals surface area contributed by atoms with E-state index in [0.29, 0.717) is 21.9 Å². The van der Waals surface area contributed by atoms with Crippen molar-refractivity contribution in [1.82, 2.24) is 0 Å². The van der Waals surface area contributed by atoms with Crippen molar-refractivity contribution in [2.45, 2.75) is 0 Å². The largest absolute Gasteiger partial charge is 0.456 e. The zero-order valence-corrected chi connectivity index (χ0v) is 23.9. The molecule has 0 aliphatic rings. The second kappa shape index (κ2) is 10.8. The Labute approximate surface area is 289 Å². The van der Waals surface area contributed by atoms with E-state index >= 15 is 0 Å². The van der Waals surface area contributed by atoms with Gasteiger partial charge in [0, 0.05) is 27.8 Å². The SMILES string of the molecule is [2H]c1c([2H])c([2H])c(N(c2ccc3oc4cccc(-c5cccc6ccccc56)c4c3c2)c2c([2H])c([2H])c(-c3c([2H])c([2H])c4c([2H])c([2H])c([2H])c([2H])c4c3[2H])c([2H])c2[2H])c([2H])c1[2H]. The molecule has 0 atom stereocenters. The van der Waals surface area contributed by atoms with Crippen molar-refractivity contribution < 1.29 is 26.3 Å². The van der Waals surface area contributed by atoms with Crippen LogP contribution < -0.4 is 4.90 Å². The highest BCUT2D eigenvalue weighted by Gasteiger charge is 2.18. The minimum absolute atomic E-state index is 0.0671. The first-order valence-corrected chi connectivity index (χ1v) is 14.4. The summed E-state index contributed by atoms with van der Waals surface area (Å²) in [6.07, 6.45) is 0. The first-order chi connectivity index (χ1) is 29.5. The molecule has 0 amide bonds. The van der Waals surface area contributed by atoms with Gasteiger partial charge >= 0.3 is 0 Å². The lowest BCUT2D eigenvalue weighted by atomic mass is 9.94. The number of fused-ring (bicyclic) bond motifs is 5. The monoisotopic (exact) mass is 603 g/mol. The van der Waals surface area contributed by atoms with Crippen molar-refractivity contribution in [1.29, 1.82) is 0 Å². The molecule has 1 aromatic heterocycles. The third-order valence-electron chi connectivity index (χ3n) is 7.86. The molecule has 0 saturated carbocycles. The van der Waals surface area contributed by atoms with Crippen LogP contribution in [0, 0.1) is 0 Å². The third kappa shape index (κ3) is 4.43. The molecule has 216 valence electrons. The summed E-state index contributed by atoms with van der Waals surface area (Å²) in [4.78, 5) is 1.06. The highest BCUT2D eigenvalue weighted by molar-refractivity contribution is 6.16. The van der Waals surface area contributed by atoms with Gasteiger partial charge in [0.1, 0.15) is 11.2 Å². The predicted octanol–water partition coefficient (Wildman–Crippen LogP) is 12.7. The average Bonchev–Trinajstić information content (AvgIpc) is 3.65. The van der Waals surface area contributed by atoms with Crippen molar-refractivity contribution in [3.8, 4) is 22.3 Å². The van der Waals surface area contributed by atoms with Gasteiger partial charge < -0.3 is 9.32 Å². The molecule has 0 unspecified atom stereocenters. The predicted molar refractivity (Wildman–Crippen MR) is 194 cm³/mol. The second-order valence-electron chi connectivity index (χ2n) is 10.5. The van der Waals surface area contributed by atoms with E-state index in [1.54, 1.807) is 18.2 Å². The van der Waals surface area contributed by atoms with Crippen LogP contribution in [0.5, 0.6) is 0 Å². The first kappa shape index (κ1) is 14.8. The fraction of sp³-hybridized carbons (Fsp3) is 0. The number of hydrogen-bond donors (Lipinski definition) is 0. The molecule has 9 rings (SSSR count). The summed E-state index contributed by atoms with van der Waals surface area (Å²) >= 11 is 0. The zero-order chi connectivity index (χ0) is 44.4. The highest BCUT2D eigenvalue weighted by Crippen LogP contribution is 2.43. The maximum atomic E-state index is 9.43. The standard InChI is InChI=1S/C44H29NO/c1-2-14-35(15-3-1)45(36-24-22-31(23-25-36)34-21-20-30-10-4-5-12-33(30)28-34)37-26-27-42-41(29-37)44-40(18-9-19-43(44)46-42)39-17-8-13-32-11-6-7-16-38(32)39/h1-29H/i1D,2D,3D,4D,5D,10D,12D,14D,15D,20D,21D,22D,23D,24D,25D,28D. The van der Waals surface area contributed by atoms with Crippen LogP contribution in [0.2, 0.25) is 0 Å². The molecule has 2 nitrogen and oxygen atoms in total. The Morgan fingerprint density at radius 3 is 2.07 bits per heavy atom. The molecular weight excluding hydrogens is 558 g/mol. The second-order valence-corrected chi connectivity index (χ2v) is 10.5. The van der Waals surface area contributed by atoms with Crippen molar-refractivity contribution in [2.24, 2.45) is 0 Å². The quantitative estimate of drug-likeness (QED) is 0.195. The van der Waals surface area contributed by atoms with Crippen LogP contribution in [-0.2, 0) is 0 Å². The van der Waals surface area contributed by atoms with Gasteiger partial charge in [-0.2, -0.15) is 0 Å². The Hall–Kier alpha value is -6.12. The van der Waals surface area contributed by atoms with E-state index in [-0.39, 0.29) is 5.69 Å². The van der Waals surface area contributed by atoms with Crippen LogP contribution in [0.15, 0.2) is 180 Å². The van der Waals surface area contributed by atoms with Gasteiger partial charge in [-0.1, -0.05) is 121 Å². The summed E-state index contributed by atoms with van der Waals surface area (Å²) < 4.78 is 147. The third-order valence-corrected chi connectivity index (χ3v) is 7.86. The van der Waals surface area contributed by atoms with Crippen LogP contribution >= 0.6 is 0 Å². The normalized spacial score (nSPS) is 16.3. The molecule has 0 bridgehead atoms. The Kier molecular flexibility index (Phi) is 3.47. The number of para-hydroxylation sites is 1. The lowest BCUT2D eigenvalue weighted by Gasteiger charge is -2.25. The van der Waals surface area contributed by atoms with Crippen molar-refractivity contribution >= 4 is 60.5 Å². The zero-order valence-electron chi connectivity index (χ0n) is 39.9. The van der Waals surface area contributed by atoms with Crippen LogP contribution in [-0.4, -0.2) is 0 Å². The maximum Gasteiger partial charge on any atom is 0.136 e. The maximum absolute atomic E-state index is 9.43. The summed E-state index contributed by atoms with van der Waals surface area (Å²) in [6.45, 7) is 0. The molecule has 2 heteroatoms. The lowest BCUT2D eigenvalue weighted by molar-refractivity contribution is 0.669. The molecule has 0 spiro atoms. The first-order valence-electron chi connectivity index (χ1n) is 22.4. The topological polar surface area (TPSA) is 16.4 Å². The van der Waals surface area contributed by atoms with E-state index in [2.05, 4.69) is 0 Å². The molecule has 9 aromatic rings. The van der Waals surface area contributed by atoms with E-state index in [0.717, 1.165) is 26.8 Å². The minimum Gasteiger partial charge on any atom is -0.456 e. The number of nitrogens with zero attached hydrogens (tertiary/aromatic N) is 1. The number of benzene rings is 8. The minimum atomic E-state index is -0.826. The fourth-order valence-electron chi connectivity index (χ4n) is 5.81. The van der Waals surface area contributed by atoms with Gasteiger partial charge in [-0.25, -0.2) is 0 Å². The van der Waals surface area contributed by atoms with E-state index in [9.17, 15) is 5.48 Å². The van der Waals surface area contributed by atoms with Crippen LogP contribution in [0.4, 0.5) is 17.1 Å². The summed E-state index contributed by atoms with van der Waals surface area (Å²) in [5, 5.41) is 2.29. The Morgan fingerprint density at radius 2 is 1.17 bits per heavy atom. The van der Waals surface area contributed by atoms with Crippen molar-refractivity contribution in [2.75, 3.05) is 4.90 Å². The molecule has 8 aromatic carbocycles. The van der Waals surface area contributed by atoms with Crippen LogP contribution in [0.3, 0.4) is 0 Å². The molecule has 0 N–H and O–H groups in total. The number of anilines is 3. The number of hydrogen-bond acceptors (Lipinski definition) is 2. The molecule has 0 fully saturated rings. The van der Waals surface area contributed by atoms with Gasteiger partial charge in [0.15, 0.2) is 0 Å². The van der Waals surface area contributed by atoms with E-state index in [1.165, 1.54) is 6.07 Å². The van der Waals surface area contributed by atoms with Gasteiger partial charge in [-0.3, -0.25) is 0 Å². The van der Waals surface area contributed by atoms with E-state index < -0.39 is 130 Å². The van der Waals surface area contributed by atoms with E-state index in [4.69, 9.17) is 20.9 Å². The summed E-state index contributed by atoms with van der Waals surface area (Å²) in [7, 11) is 0. The van der Waals surface area contributed by atoms with Gasteiger partial charge in [0.05, 0.1) is 21.9 Å². The van der Waals surface area contributed by atoms with Crippen molar-refractivity contribution in [3.63, 3.8) is 0 Å². The Balaban J connectivity index is 1.36. The van der Waals surface area contributed by atoms with E-state index in [1.807, 2.05) is 54.6 Å². The van der Waals surface area contributed by atoms with Crippen LogP contribution in [0.25, 0.3) is 65.7 Å². The van der Waals surface area contributed by atoms with Gasteiger partial charge in [0.2, 0.25) is 0 Å². The smallest absolute Gasteiger partial charge is 0.136 e. The number of rotatable bonds is 5. The average molecular weight is 604 g/mol. The molecule has 0 radical (unpaired) electrons. The molecule has 0 aliphatic heterocycles. The van der Waals surface area contributed by atoms with Gasteiger partial charge in [-0.15, -0.1) is 0 Å². The molecule has 0 aliphatic carbocycles. The molecule has 1 heterocycles. The van der Waals surface area contributed by atoms with Gasteiger partial charge in [-0.05, 0) is 98.3 Å². The highest BCUT2D eigenvalue weighted by atomic mass is 16.3. The molecule has 0 saturated heterocycles. The fourth-order valence-corrected chi connectivity index (χ4v) is 5.81. The summed E-state index contributed by atoms with van der Waals surface area (Å²) in [5.74, 6) is 0. The molecule has 46 heavy (non-hydrogen) atoms. The van der Waals surface area contributed by atoms with Crippen molar-refractivity contribution in [3.05, 3.63) is 176 Å². The molecular formula is C44H29NO. The Morgan fingerprint density at radius 1 is 0.457 bits per heavy atom. The summed E-state index contributed by atoms with van der Waals surface area (Å²) in [6, 6.07) is 12.2. The van der Waals surface area contributed by atoms with Gasteiger partial charge in [0.25, 0.3) is 0 Å². The lowest BCUT2D eigenvalue weighted by Crippen LogP contribution is -2.09. The number of furan rings is 1. The van der Waals surface area contributed by atoms with Crippen LogP contribution in [0.1, 0.15) is 21.9 Å². The Bertz CT molecular complexity index is 3390. The summed E-state index contributed by atoms with van der Waals surface area (Å²) in [5.41, 5.74) is 0.440.